The lowest BCUT2D eigenvalue weighted by molar-refractivity contribution is -0.139. The Bertz CT molecular complexity index is 1030. The smallest absolute Gasteiger partial charge is 0.341 e. The second kappa shape index (κ2) is 9.00. The Hall–Kier alpha value is -2.00. The Labute approximate surface area is 182 Å². The van der Waals surface area contributed by atoms with Crippen LogP contribution in [-0.2, 0) is 9.59 Å². The van der Waals surface area contributed by atoms with Gasteiger partial charge in [-0.05, 0) is 48.2 Å². The molecule has 0 spiro atoms. The van der Waals surface area contributed by atoms with E-state index < -0.39 is 12.6 Å². The highest BCUT2D eigenvalue weighted by Crippen LogP contribution is 2.34. The van der Waals surface area contributed by atoms with Crippen LogP contribution in [0.3, 0.4) is 0 Å². The quantitative estimate of drug-likeness (QED) is 0.555. The topological polar surface area (TPSA) is 88.0 Å². The van der Waals surface area contributed by atoms with Crippen LogP contribution in [0.4, 0.5) is 5.69 Å². The van der Waals surface area contributed by atoms with Gasteiger partial charge >= 0.3 is 5.97 Å². The van der Waals surface area contributed by atoms with Crippen molar-refractivity contribution in [3.8, 4) is 5.75 Å². The van der Waals surface area contributed by atoms with Gasteiger partial charge in [-0.15, -0.1) is 0 Å². The third kappa shape index (κ3) is 5.29. The van der Waals surface area contributed by atoms with Gasteiger partial charge in [-0.1, -0.05) is 45.2 Å². The van der Waals surface area contributed by atoms with Crippen molar-refractivity contribution in [1.82, 2.24) is 5.32 Å². The van der Waals surface area contributed by atoms with Gasteiger partial charge in [0.15, 0.2) is 11.8 Å². The number of amides is 1. The minimum atomic E-state index is -1.10. The van der Waals surface area contributed by atoms with Crippen LogP contribution in [0.25, 0.3) is 6.08 Å². The predicted molar refractivity (Wildman–Crippen MR) is 115 cm³/mol. The van der Waals surface area contributed by atoms with E-state index in [2.05, 4.69) is 26.2 Å². The van der Waals surface area contributed by atoms with Crippen molar-refractivity contribution >= 4 is 79.7 Å². The molecule has 2 N–H and O–H groups in total. The molecule has 0 radical (unpaired) electrons. The van der Waals surface area contributed by atoms with E-state index in [1.54, 1.807) is 42.5 Å². The fourth-order valence-corrected chi connectivity index (χ4v) is 3.69. The maximum Gasteiger partial charge on any atom is 0.341 e. The Balaban J connectivity index is 1.88. The fourth-order valence-electron chi connectivity index (χ4n) is 2.19. The zero-order valence-electron chi connectivity index (χ0n) is 13.9. The van der Waals surface area contributed by atoms with Crippen LogP contribution < -0.4 is 10.1 Å². The number of carbonyl (C=O) groups is 2. The summed E-state index contributed by atoms with van der Waals surface area (Å²) in [6.45, 7) is -0.494. The molecule has 2 aromatic rings. The Morgan fingerprint density at radius 3 is 2.82 bits per heavy atom. The van der Waals surface area contributed by atoms with E-state index in [4.69, 9.17) is 33.0 Å². The summed E-state index contributed by atoms with van der Waals surface area (Å²) in [6, 6.07) is 9.97. The minimum Gasteiger partial charge on any atom is -0.481 e. The number of hydrogen-bond acceptors (Lipinski definition) is 5. The number of ether oxygens (including phenoxy) is 1. The largest absolute Gasteiger partial charge is 0.481 e. The minimum absolute atomic E-state index is 0.334. The molecule has 144 valence electrons. The number of nitrogens with one attached hydrogen (secondary N) is 1. The molecule has 10 heteroatoms. The first-order valence-corrected chi connectivity index (χ1v) is 10.1. The molecule has 0 aromatic heterocycles. The zero-order valence-corrected chi connectivity index (χ0v) is 17.8. The summed E-state index contributed by atoms with van der Waals surface area (Å²) in [5.41, 5.74) is 0.997. The number of carboxylic acid groups (broad SMARTS) is 1. The van der Waals surface area contributed by atoms with Crippen molar-refractivity contribution in [1.29, 1.82) is 0 Å². The van der Waals surface area contributed by atoms with Crippen LogP contribution in [0.5, 0.6) is 5.75 Å². The fraction of sp³-hybridized carbons (Fsp3) is 0.0556. The number of thioether (sulfide) groups is 1. The van der Waals surface area contributed by atoms with Crippen LogP contribution in [0.15, 0.2) is 50.8 Å². The second-order valence-corrected chi connectivity index (χ2v) is 8.23. The van der Waals surface area contributed by atoms with E-state index in [0.717, 1.165) is 16.2 Å². The normalized spacial score (nSPS) is 16.5. The Kier molecular flexibility index (Phi) is 6.66. The number of amidine groups is 1. The van der Waals surface area contributed by atoms with Gasteiger partial charge in [-0.2, -0.15) is 0 Å². The molecule has 0 atom stereocenters. The molecule has 0 bridgehead atoms. The number of aliphatic carboxylic acids is 1. The van der Waals surface area contributed by atoms with Crippen molar-refractivity contribution < 1.29 is 19.4 Å². The van der Waals surface area contributed by atoms with E-state index in [-0.39, 0.29) is 5.91 Å². The number of nitrogens with zero attached hydrogens (tertiary/aromatic N) is 1. The first-order valence-electron chi connectivity index (χ1n) is 7.70. The summed E-state index contributed by atoms with van der Waals surface area (Å²) < 4.78 is 6.02. The van der Waals surface area contributed by atoms with E-state index in [0.29, 0.717) is 37.1 Å². The first kappa shape index (κ1) is 20.7. The van der Waals surface area contributed by atoms with Gasteiger partial charge in [0.1, 0.15) is 5.75 Å². The number of carbonyl (C=O) groups excluding carboxylic acids is 1. The first-order chi connectivity index (χ1) is 13.3. The van der Waals surface area contributed by atoms with E-state index in [1.165, 1.54) is 0 Å². The lowest BCUT2D eigenvalue weighted by atomic mass is 10.2. The van der Waals surface area contributed by atoms with Gasteiger partial charge in [-0.25, -0.2) is 9.79 Å². The second-order valence-electron chi connectivity index (χ2n) is 5.44. The van der Waals surface area contributed by atoms with Crippen molar-refractivity contribution in [2.24, 2.45) is 4.99 Å². The summed E-state index contributed by atoms with van der Waals surface area (Å²) >= 11 is 16.5. The van der Waals surface area contributed by atoms with Crippen molar-refractivity contribution in [2.75, 3.05) is 6.61 Å². The van der Waals surface area contributed by atoms with Gasteiger partial charge in [0.2, 0.25) is 0 Å². The molecule has 0 unspecified atom stereocenters. The van der Waals surface area contributed by atoms with E-state index >= 15 is 0 Å². The maximum absolute atomic E-state index is 12.3. The number of benzene rings is 2. The van der Waals surface area contributed by atoms with E-state index in [1.807, 2.05) is 0 Å². The van der Waals surface area contributed by atoms with Crippen LogP contribution in [0.1, 0.15) is 5.56 Å². The highest BCUT2D eigenvalue weighted by molar-refractivity contribution is 9.10. The van der Waals surface area contributed by atoms with E-state index in [9.17, 15) is 9.59 Å². The summed E-state index contributed by atoms with van der Waals surface area (Å²) in [5, 5.41) is 12.7. The summed E-state index contributed by atoms with van der Waals surface area (Å²) in [4.78, 5) is 27.8. The average Bonchev–Trinajstić information content (AvgIpc) is 2.97. The lowest BCUT2D eigenvalue weighted by Gasteiger charge is -2.08. The van der Waals surface area contributed by atoms with Crippen LogP contribution in [0, 0.1) is 0 Å². The molecule has 0 aliphatic carbocycles. The third-order valence-corrected chi connectivity index (χ3v) is 5.35. The Morgan fingerprint density at radius 1 is 1.29 bits per heavy atom. The number of aliphatic imine (C=N–C) groups is 1. The summed E-state index contributed by atoms with van der Waals surface area (Å²) in [7, 11) is 0. The standard InChI is InChI=1S/C18H11BrCl2N2O4S/c19-10-2-1-9(14(6-10)27-8-16(24)25)5-15-17(26)23-18(28-15)22-13-7-11(20)3-4-12(13)21/h1-7H,8H2,(H,24,25)(H,22,23,26)/b15-5+. The number of rotatable bonds is 5. The molecule has 1 fully saturated rings. The summed E-state index contributed by atoms with van der Waals surface area (Å²) in [6.07, 6.45) is 1.60. The molecular weight excluding hydrogens is 491 g/mol. The summed E-state index contributed by atoms with van der Waals surface area (Å²) in [5.74, 6) is -1.10. The molecule has 6 nitrogen and oxygen atoms in total. The monoisotopic (exact) mass is 500 g/mol. The maximum atomic E-state index is 12.3. The van der Waals surface area contributed by atoms with Gasteiger partial charge in [0, 0.05) is 15.1 Å². The highest BCUT2D eigenvalue weighted by atomic mass is 79.9. The molecule has 1 saturated heterocycles. The highest BCUT2D eigenvalue weighted by Gasteiger charge is 2.24. The molecule has 1 amide bonds. The molecule has 3 rings (SSSR count). The number of carboxylic acids is 1. The molecule has 2 aromatic carbocycles. The zero-order chi connectivity index (χ0) is 20.3. The molecule has 0 saturated carbocycles. The lowest BCUT2D eigenvalue weighted by Crippen LogP contribution is -2.19. The number of halogens is 3. The molecule has 28 heavy (non-hydrogen) atoms. The number of hydrogen-bond donors (Lipinski definition) is 2. The SMILES string of the molecule is O=C(O)COc1cc(Br)ccc1/C=C1/SC(=Nc2cc(Cl)ccc2Cl)NC1=O. The van der Waals surface area contributed by atoms with Gasteiger partial charge < -0.3 is 15.2 Å². The average molecular weight is 502 g/mol. The van der Waals surface area contributed by atoms with Crippen molar-refractivity contribution in [3.05, 3.63) is 61.4 Å². The van der Waals surface area contributed by atoms with Crippen molar-refractivity contribution in [3.63, 3.8) is 0 Å². The van der Waals surface area contributed by atoms with Gasteiger partial charge in [0.05, 0.1) is 15.6 Å². The van der Waals surface area contributed by atoms with Crippen LogP contribution in [0.2, 0.25) is 10.0 Å². The Morgan fingerprint density at radius 2 is 2.07 bits per heavy atom. The van der Waals surface area contributed by atoms with Gasteiger partial charge in [0.25, 0.3) is 5.91 Å². The molecule has 1 aliphatic rings. The van der Waals surface area contributed by atoms with Gasteiger partial charge in [-0.3, -0.25) is 4.79 Å². The van der Waals surface area contributed by atoms with Crippen LogP contribution in [-0.4, -0.2) is 28.8 Å². The third-order valence-electron chi connectivity index (χ3n) is 3.39. The molecule has 1 aliphatic heterocycles. The predicted octanol–water partition coefficient (Wildman–Crippen LogP) is 5.11. The van der Waals surface area contributed by atoms with Crippen molar-refractivity contribution in [2.45, 2.75) is 0 Å². The molecular formula is C18H11BrCl2N2O4S. The molecule has 1 heterocycles. The van der Waals surface area contributed by atoms with Crippen LogP contribution >= 0.6 is 50.9 Å².